The van der Waals surface area contributed by atoms with Crippen molar-refractivity contribution >= 4 is 18.3 Å². The Morgan fingerprint density at radius 3 is 2.40 bits per heavy atom. The SMILES string of the molecule is Cl.NC1(C(=O)NCC2(c3cccc(C(F)(F)F)c3)CCOCC2)CC1. The molecule has 0 aromatic heterocycles. The van der Waals surface area contributed by atoms with Crippen molar-refractivity contribution in [3.05, 3.63) is 35.4 Å². The van der Waals surface area contributed by atoms with Crippen LogP contribution in [0.3, 0.4) is 0 Å². The summed E-state index contributed by atoms with van der Waals surface area (Å²) in [5, 5.41) is 2.85. The molecule has 1 heterocycles. The van der Waals surface area contributed by atoms with Gasteiger partial charge >= 0.3 is 6.18 Å². The Balaban J connectivity index is 0.00000225. The molecule has 140 valence electrons. The molecule has 1 aromatic rings. The average molecular weight is 379 g/mol. The van der Waals surface area contributed by atoms with Crippen LogP contribution in [-0.4, -0.2) is 31.2 Å². The predicted molar refractivity (Wildman–Crippen MR) is 89.6 cm³/mol. The van der Waals surface area contributed by atoms with Crippen LogP contribution >= 0.6 is 12.4 Å². The first kappa shape index (κ1) is 20.0. The number of halogens is 4. The second-order valence-electron chi connectivity index (χ2n) is 6.81. The molecule has 1 aliphatic carbocycles. The fraction of sp³-hybridized carbons (Fsp3) is 0.588. The van der Waals surface area contributed by atoms with E-state index in [1.54, 1.807) is 6.07 Å². The van der Waals surface area contributed by atoms with E-state index in [1.807, 2.05) is 0 Å². The number of benzene rings is 1. The molecule has 0 atom stereocenters. The van der Waals surface area contributed by atoms with E-state index in [-0.39, 0.29) is 24.9 Å². The lowest BCUT2D eigenvalue weighted by molar-refractivity contribution is -0.137. The van der Waals surface area contributed by atoms with Crippen molar-refractivity contribution in [2.75, 3.05) is 19.8 Å². The highest BCUT2D eigenvalue weighted by molar-refractivity contribution is 5.89. The predicted octanol–water partition coefficient (Wildman–Crippen LogP) is 2.78. The molecule has 1 aliphatic heterocycles. The Kier molecular flexibility index (Phi) is 5.71. The first-order valence-corrected chi connectivity index (χ1v) is 8.08. The van der Waals surface area contributed by atoms with Crippen LogP contribution in [0.1, 0.15) is 36.8 Å². The maximum atomic E-state index is 13.0. The summed E-state index contributed by atoms with van der Waals surface area (Å²) in [6.07, 6.45) is -1.96. The summed E-state index contributed by atoms with van der Waals surface area (Å²) >= 11 is 0. The van der Waals surface area contributed by atoms with Crippen molar-refractivity contribution in [1.82, 2.24) is 5.32 Å². The van der Waals surface area contributed by atoms with Gasteiger partial charge in [-0.15, -0.1) is 12.4 Å². The lowest BCUT2D eigenvalue weighted by Gasteiger charge is -2.38. The van der Waals surface area contributed by atoms with Gasteiger partial charge in [-0.3, -0.25) is 4.79 Å². The van der Waals surface area contributed by atoms with E-state index in [4.69, 9.17) is 10.5 Å². The number of ether oxygens (including phenoxy) is 1. The van der Waals surface area contributed by atoms with Crippen molar-refractivity contribution in [1.29, 1.82) is 0 Å². The number of nitrogens with one attached hydrogen (secondary N) is 1. The molecule has 1 saturated heterocycles. The Bertz CT molecular complexity index is 627. The third kappa shape index (κ3) is 4.27. The van der Waals surface area contributed by atoms with Gasteiger partial charge in [0.15, 0.2) is 0 Å². The van der Waals surface area contributed by atoms with Crippen LogP contribution < -0.4 is 11.1 Å². The topological polar surface area (TPSA) is 64.4 Å². The molecule has 2 aliphatic rings. The average Bonchev–Trinajstić information content (AvgIpc) is 3.32. The largest absolute Gasteiger partial charge is 0.416 e. The third-order valence-electron chi connectivity index (χ3n) is 5.08. The van der Waals surface area contributed by atoms with Gasteiger partial charge in [0.05, 0.1) is 11.1 Å². The van der Waals surface area contributed by atoms with E-state index in [2.05, 4.69) is 5.32 Å². The van der Waals surface area contributed by atoms with Gasteiger partial charge in [0.2, 0.25) is 5.91 Å². The third-order valence-corrected chi connectivity index (χ3v) is 5.08. The summed E-state index contributed by atoms with van der Waals surface area (Å²) in [5.74, 6) is -0.222. The summed E-state index contributed by atoms with van der Waals surface area (Å²) in [7, 11) is 0. The van der Waals surface area contributed by atoms with Crippen LogP contribution in [0.15, 0.2) is 24.3 Å². The van der Waals surface area contributed by atoms with E-state index in [0.717, 1.165) is 6.07 Å². The molecule has 8 heteroatoms. The van der Waals surface area contributed by atoms with Crippen LogP contribution in [0.2, 0.25) is 0 Å². The number of amides is 1. The Labute approximate surface area is 150 Å². The highest BCUT2D eigenvalue weighted by Crippen LogP contribution is 2.38. The van der Waals surface area contributed by atoms with Gasteiger partial charge in [0.1, 0.15) is 0 Å². The van der Waals surface area contributed by atoms with Gasteiger partial charge in [-0.05, 0) is 37.3 Å². The summed E-state index contributed by atoms with van der Waals surface area (Å²) in [5.41, 5.74) is 4.45. The van der Waals surface area contributed by atoms with E-state index in [0.29, 0.717) is 44.5 Å². The molecule has 0 unspecified atom stereocenters. The Morgan fingerprint density at radius 1 is 1.20 bits per heavy atom. The molecule has 2 fully saturated rings. The van der Waals surface area contributed by atoms with Gasteiger partial charge in [0.25, 0.3) is 0 Å². The van der Waals surface area contributed by atoms with Gasteiger partial charge in [-0.25, -0.2) is 0 Å². The Hall–Kier alpha value is -1.31. The Morgan fingerprint density at radius 2 is 1.84 bits per heavy atom. The smallest absolute Gasteiger partial charge is 0.381 e. The molecular weight excluding hydrogens is 357 g/mol. The van der Waals surface area contributed by atoms with E-state index >= 15 is 0 Å². The molecule has 0 bridgehead atoms. The summed E-state index contributed by atoms with van der Waals surface area (Å²) in [4.78, 5) is 12.1. The number of rotatable bonds is 4. The summed E-state index contributed by atoms with van der Waals surface area (Å²) in [6.45, 7) is 1.19. The summed E-state index contributed by atoms with van der Waals surface area (Å²) < 4.78 is 44.5. The molecule has 1 aromatic carbocycles. The van der Waals surface area contributed by atoms with Gasteiger partial charge in [0, 0.05) is 25.2 Å². The molecule has 3 rings (SSSR count). The minimum Gasteiger partial charge on any atom is -0.381 e. The van der Waals surface area contributed by atoms with Gasteiger partial charge in [-0.2, -0.15) is 13.2 Å². The number of carbonyl (C=O) groups is 1. The van der Waals surface area contributed by atoms with Crippen LogP contribution in [0.4, 0.5) is 13.2 Å². The molecule has 1 saturated carbocycles. The van der Waals surface area contributed by atoms with Gasteiger partial charge in [-0.1, -0.05) is 18.2 Å². The zero-order chi connectivity index (χ0) is 17.4. The number of nitrogens with two attached hydrogens (primary N) is 1. The fourth-order valence-electron chi connectivity index (χ4n) is 3.14. The van der Waals surface area contributed by atoms with Crippen LogP contribution in [-0.2, 0) is 21.1 Å². The van der Waals surface area contributed by atoms with E-state index in [9.17, 15) is 18.0 Å². The number of hydrogen-bond donors (Lipinski definition) is 2. The molecule has 4 nitrogen and oxygen atoms in total. The van der Waals surface area contributed by atoms with Crippen LogP contribution in [0, 0.1) is 0 Å². The highest BCUT2D eigenvalue weighted by atomic mass is 35.5. The normalized spacial score (nSPS) is 21.1. The van der Waals surface area contributed by atoms with Crippen molar-refractivity contribution in [2.24, 2.45) is 5.73 Å². The monoisotopic (exact) mass is 378 g/mol. The molecule has 0 spiro atoms. The van der Waals surface area contributed by atoms with Crippen molar-refractivity contribution in [3.63, 3.8) is 0 Å². The lowest BCUT2D eigenvalue weighted by Crippen LogP contribution is -2.50. The number of carbonyl (C=O) groups excluding carboxylic acids is 1. The minimum absolute atomic E-state index is 0. The molecular formula is C17H22ClF3N2O2. The van der Waals surface area contributed by atoms with Crippen molar-refractivity contribution < 1.29 is 22.7 Å². The number of alkyl halides is 3. The second-order valence-corrected chi connectivity index (χ2v) is 6.81. The molecule has 25 heavy (non-hydrogen) atoms. The maximum absolute atomic E-state index is 13.0. The second kappa shape index (κ2) is 7.13. The summed E-state index contributed by atoms with van der Waals surface area (Å²) in [6, 6.07) is 5.37. The standard InChI is InChI=1S/C17H21F3N2O2.ClH/c18-17(19,20)13-3-1-2-12(10-13)15(6-8-24-9-7-15)11-22-14(23)16(21)4-5-16;/h1-3,10H,4-9,11,21H2,(H,22,23);1H. The highest BCUT2D eigenvalue weighted by Gasteiger charge is 2.47. The first-order valence-electron chi connectivity index (χ1n) is 8.08. The zero-order valence-electron chi connectivity index (χ0n) is 13.7. The van der Waals surface area contributed by atoms with Crippen molar-refractivity contribution in [2.45, 2.75) is 42.8 Å². The van der Waals surface area contributed by atoms with E-state index < -0.39 is 22.7 Å². The fourth-order valence-corrected chi connectivity index (χ4v) is 3.14. The zero-order valence-corrected chi connectivity index (χ0v) is 14.5. The van der Waals surface area contributed by atoms with Gasteiger partial charge < -0.3 is 15.8 Å². The number of hydrogen-bond acceptors (Lipinski definition) is 3. The maximum Gasteiger partial charge on any atom is 0.416 e. The molecule has 3 N–H and O–H groups in total. The van der Waals surface area contributed by atoms with Crippen LogP contribution in [0.25, 0.3) is 0 Å². The van der Waals surface area contributed by atoms with Crippen molar-refractivity contribution in [3.8, 4) is 0 Å². The minimum atomic E-state index is -4.39. The van der Waals surface area contributed by atoms with E-state index in [1.165, 1.54) is 12.1 Å². The quantitative estimate of drug-likeness (QED) is 0.846. The molecule has 1 amide bonds. The first-order chi connectivity index (χ1) is 11.3. The lowest BCUT2D eigenvalue weighted by atomic mass is 9.73. The molecule has 0 radical (unpaired) electrons. The van der Waals surface area contributed by atoms with Crippen LogP contribution in [0.5, 0.6) is 0 Å².